The van der Waals surface area contributed by atoms with Crippen molar-refractivity contribution in [2.45, 2.75) is 116 Å². The molecule has 1 amide bonds. The molecule has 0 heterocycles. The molecule has 0 saturated heterocycles. The molecular weight excluding hydrogens is 519 g/mol. The fraction of sp³-hybridized carbons (Fsp3) is 0.966. The van der Waals surface area contributed by atoms with Crippen molar-refractivity contribution in [3.8, 4) is 0 Å². The zero-order valence-electron chi connectivity index (χ0n) is 26.1. The number of likely N-dealkylation sites (N-methyl/N-ethyl adjacent to an activating group) is 1. The third-order valence-electron chi connectivity index (χ3n) is 6.51. The fourth-order valence-electron chi connectivity index (χ4n) is 3.97. The lowest BCUT2D eigenvalue weighted by Gasteiger charge is -2.28. The van der Waals surface area contributed by atoms with E-state index in [1.54, 1.807) is 14.1 Å². The van der Waals surface area contributed by atoms with Gasteiger partial charge in [0, 0.05) is 20.7 Å². The van der Waals surface area contributed by atoms with Gasteiger partial charge in [0.25, 0.3) is 7.82 Å². The Bertz CT molecular complexity index is 629. The molecule has 0 N–H and O–H groups in total. The van der Waals surface area contributed by atoms with Crippen molar-refractivity contribution in [1.82, 2.24) is 4.90 Å². The van der Waals surface area contributed by atoms with Gasteiger partial charge in [-0.3, -0.25) is 4.57 Å². The lowest BCUT2D eigenvalue weighted by atomic mass is 10.0. The Hall–Kier alpha value is -0.700. The highest BCUT2D eigenvalue weighted by Gasteiger charge is 2.21. The number of nitrogens with zero attached hydrogens (tertiary/aromatic N) is 2. The maximum atomic E-state index is 12.1. The second-order valence-electron chi connectivity index (χ2n) is 11.9. The van der Waals surface area contributed by atoms with Gasteiger partial charge in [0.05, 0.1) is 34.4 Å². The minimum absolute atomic E-state index is 0.0161. The molecular formula is C29H61N2O7P. The van der Waals surface area contributed by atoms with Gasteiger partial charge in [-0.05, 0) is 6.42 Å². The van der Waals surface area contributed by atoms with Crippen molar-refractivity contribution in [3.05, 3.63) is 0 Å². The molecule has 0 aromatic carbocycles. The van der Waals surface area contributed by atoms with Crippen molar-refractivity contribution >= 4 is 13.9 Å². The smallest absolute Gasteiger partial charge is 0.409 e. The van der Waals surface area contributed by atoms with Crippen molar-refractivity contribution in [1.29, 1.82) is 0 Å². The summed E-state index contributed by atoms with van der Waals surface area (Å²) in [5.41, 5.74) is 0. The quantitative estimate of drug-likeness (QED) is 0.0618. The maximum Gasteiger partial charge on any atom is 0.409 e. The number of phosphoric ester groups is 1. The van der Waals surface area contributed by atoms with Gasteiger partial charge in [0.2, 0.25) is 0 Å². The average molecular weight is 581 g/mol. The van der Waals surface area contributed by atoms with Crippen molar-refractivity contribution in [2.24, 2.45) is 0 Å². The van der Waals surface area contributed by atoms with E-state index < -0.39 is 20.0 Å². The average Bonchev–Trinajstić information content (AvgIpc) is 2.85. The highest BCUT2D eigenvalue weighted by molar-refractivity contribution is 7.45. The van der Waals surface area contributed by atoms with Crippen LogP contribution in [-0.2, 0) is 23.1 Å². The third-order valence-corrected chi connectivity index (χ3v) is 7.47. The Kier molecular flexibility index (Phi) is 23.5. The van der Waals surface area contributed by atoms with Crippen LogP contribution >= 0.6 is 7.82 Å². The number of ether oxygens (including phenoxy) is 2. The van der Waals surface area contributed by atoms with Crippen LogP contribution in [0.4, 0.5) is 4.79 Å². The third kappa shape index (κ3) is 27.2. The lowest BCUT2D eigenvalue weighted by molar-refractivity contribution is -0.870. The number of unbranched alkanes of at least 4 members (excludes halogenated alkanes) is 15. The number of carbonyl (C=O) groups is 1. The van der Waals surface area contributed by atoms with E-state index in [1.165, 1.54) is 94.8 Å². The number of hydrogen-bond acceptors (Lipinski definition) is 7. The highest BCUT2D eigenvalue weighted by Crippen LogP contribution is 2.38. The topological polar surface area (TPSA) is 97.4 Å². The molecule has 0 aliphatic carbocycles. The molecule has 0 rings (SSSR count). The highest BCUT2D eigenvalue weighted by atomic mass is 31.2. The summed E-state index contributed by atoms with van der Waals surface area (Å²) in [4.78, 5) is 25.3. The van der Waals surface area contributed by atoms with E-state index in [0.29, 0.717) is 17.6 Å². The predicted octanol–water partition coefficient (Wildman–Crippen LogP) is 6.54. The van der Waals surface area contributed by atoms with Crippen LogP contribution in [0.5, 0.6) is 0 Å². The Morgan fingerprint density at radius 2 is 1.21 bits per heavy atom. The van der Waals surface area contributed by atoms with Crippen LogP contribution in [0.2, 0.25) is 0 Å². The van der Waals surface area contributed by atoms with E-state index in [-0.39, 0.29) is 19.8 Å². The minimum atomic E-state index is -4.50. The number of phosphoric acid groups is 1. The molecule has 0 saturated carbocycles. The van der Waals surface area contributed by atoms with E-state index in [4.69, 9.17) is 18.5 Å². The summed E-state index contributed by atoms with van der Waals surface area (Å²) < 4.78 is 33.5. The van der Waals surface area contributed by atoms with E-state index in [0.717, 1.165) is 12.8 Å². The van der Waals surface area contributed by atoms with Gasteiger partial charge >= 0.3 is 6.09 Å². The van der Waals surface area contributed by atoms with Crippen LogP contribution in [-0.4, -0.2) is 89.8 Å². The van der Waals surface area contributed by atoms with Crippen LogP contribution in [0.15, 0.2) is 0 Å². The van der Waals surface area contributed by atoms with Crippen LogP contribution < -0.4 is 4.89 Å². The Morgan fingerprint density at radius 1 is 0.744 bits per heavy atom. The van der Waals surface area contributed by atoms with Gasteiger partial charge in [-0.15, -0.1) is 0 Å². The normalized spacial score (nSPS) is 14.2. The molecule has 0 fully saturated rings. The SMILES string of the molecule is CCCCCCCCCCCCCCCCCCOCC(COP(=O)([O-])OCC[N+](C)(C)C)OC(=O)N(C)C. The summed E-state index contributed by atoms with van der Waals surface area (Å²) in [5.74, 6) is 0. The number of hydrogen-bond donors (Lipinski definition) is 0. The fourth-order valence-corrected chi connectivity index (χ4v) is 4.70. The molecule has 0 radical (unpaired) electrons. The second kappa shape index (κ2) is 24.0. The molecule has 2 unspecified atom stereocenters. The summed E-state index contributed by atoms with van der Waals surface area (Å²) in [5, 5.41) is 0. The predicted molar refractivity (Wildman–Crippen MR) is 157 cm³/mol. The van der Waals surface area contributed by atoms with Gasteiger partial charge in [-0.25, -0.2) is 4.79 Å². The minimum Gasteiger partial charge on any atom is -0.756 e. The summed E-state index contributed by atoms with van der Waals surface area (Å²) in [6, 6.07) is 0. The molecule has 2 atom stereocenters. The largest absolute Gasteiger partial charge is 0.756 e. The van der Waals surface area contributed by atoms with Gasteiger partial charge in [0.1, 0.15) is 13.2 Å². The monoisotopic (exact) mass is 580 g/mol. The summed E-state index contributed by atoms with van der Waals surface area (Å²) in [7, 11) is 4.43. The molecule has 0 aliphatic heterocycles. The van der Waals surface area contributed by atoms with Crippen molar-refractivity contribution in [3.63, 3.8) is 0 Å². The van der Waals surface area contributed by atoms with Gasteiger partial charge in [-0.2, -0.15) is 0 Å². The first kappa shape index (κ1) is 38.3. The molecule has 10 heteroatoms. The van der Waals surface area contributed by atoms with Crippen LogP contribution in [0.25, 0.3) is 0 Å². The summed E-state index contributed by atoms with van der Waals surface area (Å²) >= 11 is 0. The van der Waals surface area contributed by atoms with E-state index >= 15 is 0 Å². The standard InChI is InChI=1S/C29H61N2O7P/c1-7-8-9-10-11-12-13-14-15-16-17-18-19-20-21-22-24-35-26-28(38-29(32)30(2)3)27-37-39(33,34)36-25-23-31(4,5)6/h28H,7-27H2,1-6H3. The molecule has 0 bridgehead atoms. The molecule has 0 spiro atoms. The molecule has 234 valence electrons. The van der Waals surface area contributed by atoms with Gasteiger partial charge < -0.3 is 32.8 Å². The van der Waals surface area contributed by atoms with E-state index in [2.05, 4.69) is 6.92 Å². The number of quaternary nitrogens is 1. The maximum absolute atomic E-state index is 12.1. The number of carbonyl (C=O) groups excluding carboxylic acids is 1. The Balaban J connectivity index is 3.91. The van der Waals surface area contributed by atoms with Crippen LogP contribution in [0.1, 0.15) is 110 Å². The molecule has 9 nitrogen and oxygen atoms in total. The number of amides is 1. The zero-order valence-corrected chi connectivity index (χ0v) is 27.0. The first-order chi connectivity index (χ1) is 18.5. The van der Waals surface area contributed by atoms with E-state index in [1.807, 2.05) is 21.1 Å². The van der Waals surface area contributed by atoms with E-state index in [9.17, 15) is 14.3 Å². The summed E-state index contributed by atoms with van der Waals surface area (Å²) in [6.07, 6.45) is 19.5. The van der Waals surface area contributed by atoms with Crippen LogP contribution in [0.3, 0.4) is 0 Å². The van der Waals surface area contributed by atoms with Gasteiger partial charge in [-0.1, -0.05) is 103 Å². The number of rotatable bonds is 27. The second-order valence-corrected chi connectivity index (χ2v) is 13.3. The van der Waals surface area contributed by atoms with Gasteiger partial charge in [0.15, 0.2) is 6.10 Å². The lowest BCUT2D eigenvalue weighted by Crippen LogP contribution is -2.38. The molecule has 0 aromatic heterocycles. The first-order valence-corrected chi connectivity index (χ1v) is 16.8. The molecule has 0 aromatic rings. The zero-order chi connectivity index (χ0) is 29.4. The molecule has 0 aliphatic rings. The van der Waals surface area contributed by atoms with Crippen molar-refractivity contribution in [2.75, 3.05) is 68.2 Å². The first-order valence-electron chi connectivity index (χ1n) is 15.3. The van der Waals surface area contributed by atoms with Crippen LogP contribution in [0, 0.1) is 0 Å². The molecule has 39 heavy (non-hydrogen) atoms. The van der Waals surface area contributed by atoms with Crippen molar-refractivity contribution < 1.29 is 37.3 Å². The Morgan fingerprint density at radius 3 is 1.64 bits per heavy atom. The summed E-state index contributed by atoms with van der Waals surface area (Å²) in [6.45, 7) is 3.05. The Labute approximate surface area is 240 Å².